The van der Waals surface area contributed by atoms with E-state index in [0.29, 0.717) is 27.2 Å². The van der Waals surface area contributed by atoms with E-state index in [0.717, 1.165) is 11.1 Å². The first-order valence-electron chi connectivity index (χ1n) is 8.52. The van der Waals surface area contributed by atoms with Crippen LogP contribution in [0.4, 0.5) is 5.69 Å². The molecular formula is C20H17N3O3S2. The second-order valence-electron chi connectivity index (χ2n) is 6.29. The van der Waals surface area contributed by atoms with Gasteiger partial charge in [0.15, 0.2) is 0 Å². The van der Waals surface area contributed by atoms with Crippen molar-refractivity contribution in [1.82, 2.24) is 10.1 Å². The summed E-state index contributed by atoms with van der Waals surface area (Å²) < 4.78 is 33.6. The first-order valence-corrected chi connectivity index (χ1v) is 10.8. The zero-order valence-corrected chi connectivity index (χ0v) is 16.8. The van der Waals surface area contributed by atoms with E-state index >= 15 is 0 Å². The van der Waals surface area contributed by atoms with Crippen LogP contribution in [0.2, 0.25) is 0 Å². The number of nitrogens with one attached hydrogen (secondary N) is 1. The standard InChI is InChI=1S/C20H17N3O3S2/c1-13-8-10-16(11-9-13)23-28(24,25)18-12-17(27-14(18)2)20-21-19(22-26-20)15-6-4-3-5-7-15/h3-12,23H,1-2H3. The summed E-state index contributed by atoms with van der Waals surface area (Å²) in [7, 11) is -3.72. The van der Waals surface area contributed by atoms with Gasteiger partial charge in [0.05, 0.1) is 4.88 Å². The molecule has 0 radical (unpaired) electrons. The molecule has 2 aromatic carbocycles. The maximum Gasteiger partial charge on any atom is 0.268 e. The predicted octanol–water partition coefficient (Wildman–Crippen LogP) is 4.88. The third kappa shape index (κ3) is 3.69. The van der Waals surface area contributed by atoms with Crippen LogP contribution in [-0.4, -0.2) is 18.6 Å². The van der Waals surface area contributed by atoms with Crippen molar-refractivity contribution in [3.63, 3.8) is 0 Å². The van der Waals surface area contributed by atoms with Gasteiger partial charge in [0.2, 0.25) is 5.82 Å². The summed E-state index contributed by atoms with van der Waals surface area (Å²) in [5, 5.41) is 4.00. The van der Waals surface area contributed by atoms with E-state index in [1.165, 1.54) is 11.3 Å². The maximum atomic E-state index is 12.8. The number of rotatable bonds is 5. The lowest BCUT2D eigenvalue weighted by atomic mass is 10.2. The Kier molecular flexibility index (Phi) is 4.74. The molecule has 4 aromatic rings. The largest absolute Gasteiger partial charge is 0.333 e. The van der Waals surface area contributed by atoms with Crippen molar-refractivity contribution in [2.24, 2.45) is 0 Å². The summed E-state index contributed by atoms with van der Waals surface area (Å²) in [6.07, 6.45) is 0. The Bertz CT molecular complexity index is 1210. The molecule has 0 bridgehead atoms. The number of hydrogen-bond donors (Lipinski definition) is 1. The highest BCUT2D eigenvalue weighted by Crippen LogP contribution is 2.34. The molecule has 2 aromatic heterocycles. The third-order valence-electron chi connectivity index (χ3n) is 4.13. The first-order chi connectivity index (χ1) is 13.4. The molecule has 4 rings (SSSR count). The summed E-state index contributed by atoms with van der Waals surface area (Å²) in [6, 6.07) is 18.2. The van der Waals surface area contributed by atoms with E-state index in [1.54, 1.807) is 25.1 Å². The summed E-state index contributed by atoms with van der Waals surface area (Å²) in [4.78, 5) is 5.85. The van der Waals surface area contributed by atoms with E-state index in [4.69, 9.17) is 4.52 Å². The molecule has 1 N–H and O–H groups in total. The van der Waals surface area contributed by atoms with Crippen LogP contribution in [0.3, 0.4) is 0 Å². The number of anilines is 1. The lowest BCUT2D eigenvalue weighted by molar-refractivity contribution is 0.433. The molecule has 8 heteroatoms. The van der Waals surface area contributed by atoms with Crippen LogP contribution in [0.15, 0.2) is 70.1 Å². The summed E-state index contributed by atoms with van der Waals surface area (Å²) in [6.45, 7) is 3.70. The number of aromatic nitrogens is 2. The van der Waals surface area contributed by atoms with Gasteiger partial charge < -0.3 is 4.52 Å². The minimum atomic E-state index is -3.72. The molecule has 0 unspecified atom stereocenters. The number of thiophene rings is 1. The van der Waals surface area contributed by atoms with Gasteiger partial charge in [0.1, 0.15) is 4.90 Å². The van der Waals surface area contributed by atoms with Gasteiger partial charge in [-0.15, -0.1) is 11.3 Å². The average Bonchev–Trinajstić information content (AvgIpc) is 3.31. The molecule has 6 nitrogen and oxygen atoms in total. The van der Waals surface area contributed by atoms with E-state index < -0.39 is 10.0 Å². The van der Waals surface area contributed by atoms with Crippen molar-refractivity contribution in [2.45, 2.75) is 18.7 Å². The topological polar surface area (TPSA) is 85.1 Å². The zero-order valence-electron chi connectivity index (χ0n) is 15.2. The maximum absolute atomic E-state index is 12.8. The van der Waals surface area contributed by atoms with E-state index in [2.05, 4.69) is 14.9 Å². The highest BCUT2D eigenvalue weighted by Gasteiger charge is 2.23. The minimum absolute atomic E-state index is 0.201. The van der Waals surface area contributed by atoms with Gasteiger partial charge in [-0.25, -0.2) is 8.42 Å². The molecule has 0 aliphatic rings. The predicted molar refractivity (Wildman–Crippen MR) is 110 cm³/mol. The molecule has 0 spiro atoms. The number of nitrogens with zero attached hydrogens (tertiary/aromatic N) is 2. The Balaban J connectivity index is 1.63. The molecule has 0 saturated carbocycles. The van der Waals surface area contributed by atoms with Crippen LogP contribution in [0.1, 0.15) is 10.4 Å². The van der Waals surface area contributed by atoms with E-state index in [1.807, 2.05) is 49.4 Å². The molecule has 0 saturated heterocycles. The Morgan fingerprint density at radius 3 is 2.43 bits per heavy atom. The highest BCUT2D eigenvalue weighted by molar-refractivity contribution is 7.93. The first kappa shape index (κ1) is 18.4. The van der Waals surface area contributed by atoms with Gasteiger partial charge >= 0.3 is 0 Å². The Labute approximate surface area is 166 Å². The molecule has 0 atom stereocenters. The fourth-order valence-electron chi connectivity index (χ4n) is 2.70. The van der Waals surface area contributed by atoms with Gasteiger partial charge in [0.25, 0.3) is 15.9 Å². The van der Waals surface area contributed by atoms with Crippen LogP contribution in [0, 0.1) is 13.8 Å². The third-order valence-corrected chi connectivity index (χ3v) is 6.81. The van der Waals surface area contributed by atoms with Crippen molar-refractivity contribution in [3.05, 3.63) is 71.1 Å². The second kappa shape index (κ2) is 7.21. The molecular weight excluding hydrogens is 394 g/mol. The Morgan fingerprint density at radius 2 is 1.71 bits per heavy atom. The minimum Gasteiger partial charge on any atom is -0.333 e. The Morgan fingerprint density at radius 1 is 1.00 bits per heavy atom. The molecule has 28 heavy (non-hydrogen) atoms. The molecule has 142 valence electrons. The van der Waals surface area contributed by atoms with E-state index in [9.17, 15) is 8.42 Å². The Hall–Kier alpha value is -2.97. The SMILES string of the molecule is Cc1ccc(NS(=O)(=O)c2cc(-c3nc(-c4ccccc4)no3)sc2C)cc1. The van der Waals surface area contributed by atoms with Crippen molar-refractivity contribution in [2.75, 3.05) is 4.72 Å². The van der Waals surface area contributed by atoms with Crippen LogP contribution >= 0.6 is 11.3 Å². The summed E-state index contributed by atoms with van der Waals surface area (Å²) in [5.74, 6) is 0.757. The number of benzene rings is 2. The zero-order chi connectivity index (χ0) is 19.7. The lowest BCUT2D eigenvalue weighted by Crippen LogP contribution is -2.13. The van der Waals surface area contributed by atoms with Gasteiger partial charge in [-0.2, -0.15) is 4.98 Å². The van der Waals surface area contributed by atoms with Crippen molar-refractivity contribution in [1.29, 1.82) is 0 Å². The highest BCUT2D eigenvalue weighted by atomic mass is 32.2. The monoisotopic (exact) mass is 411 g/mol. The van der Waals surface area contributed by atoms with Crippen LogP contribution < -0.4 is 4.72 Å². The number of aryl methyl sites for hydroxylation is 2. The van der Waals surface area contributed by atoms with Crippen LogP contribution in [0.5, 0.6) is 0 Å². The molecule has 0 aliphatic carbocycles. The molecule has 0 aliphatic heterocycles. The summed E-state index contributed by atoms with van der Waals surface area (Å²) in [5.41, 5.74) is 2.41. The fraction of sp³-hybridized carbons (Fsp3) is 0.100. The second-order valence-corrected chi connectivity index (χ2v) is 9.20. The van der Waals surface area contributed by atoms with Gasteiger partial charge in [-0.3, -0.25) is 4.72 Å². The van der Waals surface area contributed by atoms with E-state index in [-0.39, 0.29) is 4.90 Å². The van der Waals surface area contributed by atoms with Gasteiger partial charge in [-0.05, 0) is 32.0 Å². The van der Waals surface area contributed by atoms with Gasteiger partial charge in [0, 0.05) is 16.1 Å². The molecule has 0 fully saturated rings. The van der Waals surface area contributed by atoms with Crippen molar-refractivity contribution < 1.29 is 12.9 Å². The average molecular weight is 412 g/mol. The molecule has 0 amide bonds. The quantitative estimate of drug-likeness (QED) is 0.506. The van der Waals surface area contributed by atoms with Gasteiger partial charge in [-0.1, -0.05) is 53.2 Å². The molecule has 2 heterocycles. The normalized spacial score (nSPS) is 11.5. The summed E-state index contributed by atoms with van der Waals surface area (Å²) >= 11 is 1.30. The smallest absolute Gasteiger partial charge is 0.268 e. The van der Waals surface area contributed by atoms with Crippen LogP contribution in [-0.2, 0) is 10.0 Å². The van der Waals surface area contributed by atoms with Crippen LogP contribution in [0.25, 0.3) is 22.2 Å². The lowest BCUT2D eigenvalue weighted by Gasteiger charge is -2.07. The van der Waals surface area contributed by atoms with Crippen molar-refractivity contribution >= 4 is 27.0 Å². The fourth-order valence-corrected chi connectivity index (χ4v) is 5.27. The number of hydrogen-bond acceptors (Lipinski definition) is 6. The number of sulfonamides is 1. The van der Waals surface area contributed by atoms with Crippen molar-refractivity contribution in [3.8, 4) is 22.2 Å².